The first-order valence-electron chi connectivity index (χ1n) is 30.9. The number of nitrogens with zero attached hydrogens (tertiary/aromatic N) is 7. The third-order valence-corrected chi connectivity index (χ3v) is 14.0. The van der Waals surface area contributed by atoms with Gasteiger partial charge in [-0.3, -0.25) is 0 Å². The fourth-order valence-corrected chi connectivity index (χ4v) is 9.98. The van der Waals surface area contributed by atoms with E-state index >= 15 is 0 Å². The van der Waals surface area contributed by atoms with Crippen LogP contribution in [0.5, 0.6) is 11.5 Å². The molecule has 0 fully saturated rings. The number of benzene rings is 9. The molecule has 0 atom stereocenters. The van der Waals surface area contributed by atoms with Crippen molar-refractivity contribution in [3.05, 3.63) is 248 Å². The van der Waals surface area contributed by atoms with Crippen LogP contribution in [-0.2, 0) is 31.9 Å². The van der Waals surface area contributed by atoms with Gasteiger partial charge in [0, 0.05) is 46.5 Å². The summed E-state index contributed by atoms with van der Waals surface area (Å²) in [6.07, 6.45) is 1.74. The quantitative estimate of drug-likeness (QED) is 0.101. The Bertz CT molecular complexity index is 4780. The summed E-state index contributed by atoms with van der Waals surface area (Å²) < 4.78 is 101. The van der Waals surface area contributed by atoms with E-state index in [0.717, 1.165) is 38.5 Å². The number of hydrogen-bond acceptors (Lipinski definition) is 5. The zero-order valence-corrected chi connectivity index (χ0v) is 46.7. The molecular weight excluding hydrogens is 1160 g/mol. The molecule has 0 saturated carbocycles. The minimum Gasteiger partial charge on any atom is -0.508 e. The van der Waals surface area contributed by atoms with Crippen molar-refractivity contribution in [2.45, 2.75) is 52.4 Å². The van der Waals surface area contributed by atoms with Crippen molar-refractivity contribution < 1.29 is 39.5 Å². The standard InChI is InChI=1S/C71H55N7O.Pt/c1-70(2,3)51-38-34-49(35-39-51)67-73-68(50-36-40-52(41-37-50)71(4,5)6)75-69(74-67)59-44-58-57-27-13-14-30-60(57)78(65-33-17-18-42-72-65)63(58)45-64(59)79-54-26-19-25-53(43-54)76-46-77(62-32-16-15-31-61(62)76)66-55(47-21-9-7-10-22-47)28-20-29-56(66)48-23-11-8-12-24-48;/h7-42,44H,1-6H3;/q;+2/i7D,8D,9D,10D,11D,12D,21D,22D,23D,24D;. The molecule has 3 aromatic heterocycles. The second kappa shape index (κ2) is 20.9. The molecule has 4 heterocycles. The third-order valence-electron chi connectivity index (χ3n) is 14.0. The van der Waals surface area contributed by atoms with E-state index in [1.807, 2.05) is 89.5 Å². The number of hydrogen-bond donors (Lipinski definition) is 0. The van der Waals surface area contributed by atoms with Gasteiger partial charge < -0.3 is 9.30 Å². The maximum atomic E-state index is 9.16. The molecule has 0 spiro atoms. The van der Waals surface area contributed by atoms with Gasteiger partial charge in [0.2, 0.25) is 5.69 Å². The second-order valence-electron chi connectivity index (χ2n) is 21.2. The molecule has 0 unspecified atom stereocenters. The van der Waals surface area contributed by atoms with Crippen molar-refractivity contribution in [3.63, 3.8) is 0 Å². The zero-order chi connectivity index (χ0) is 62.5. The van der Waals surface area contributed by atoms with Gasteiger partial charge >= 0.3 is 27.1 Å². The molecule has 0 radical (unpaired) electrons. The maximum Gasteiger partial charge on any atom is 2.00 e. The monoisotopic (exact) mass is 1230 g/mol. The molecule has 0 amide bonds. The van der Waals surface area contributed by atoms with Crippen LogP contribution < -0.4 is 13.9 Å². The molecule has 0 saturated heterocycles. The molecule has 13 rings (SSSR count). The van der Waals surface area contributed by atoms with Crippen LogP contribution in [0.4, 0.5) is 22.7 Å². The Morgan fingerprint density at radius 2 is 1.06 bits per heavy atom. The minimum absolute atomic E-state index is 0. The molecule has 0 bridgehead atoms. The van der Waals surface area contributed by atoms with Gasteiger partial charge in [-0.1, -0.05) is 215 Å². The number of rotatable bonds is 10. The number of ether oxygens (including phenoxy) is 1. The van der Waals surface area contributed by atoms with Crippen molar-refractivity contribution in [2.24, 2.45) is 0 Å². The summed E-state index contributed by atoms with van der Waals surface area (Å²) in [6.45, 7) is 13.0. The van der Waals surface area contributed by atoms with Crippen LogP contribution >= 0.6 is 0 Å². The summed E-state index contributed by atoms with van der Waals surface area (Å²) in [6, 6.07) is 55.0. The fraction of sp³-hybridized carbons (Fsp3) is 0.113. The third kappa shape index (κ3) is 9.68. The molecule has 1 aliphatic rings. The van der Waals surface area contributed by atoms with Crippen LogP contribution in [0.1, 0.15) is 66.4 Å². The van der Waals surface area contributed by atoms with Crippen molar-refractivity contribution in [1.29, 1.82) is 0 Å². The molecule has 0 N–H and O–H groups in total. The Labute approximate surface area is 495 Å². The van der Waals surface area contributed by atoms with Gasteiger partial charge in [0.05, 0.1) is 24.8 Å². The van der Waals surface area contributed by atoms with E-state index in [0.29, 0.717) is 51.4 Å². The van der Waals surface area contributed by atoms with Crippen LogP contribution in [0, 0.1) is 12.1 Å². The predicted molar refractivity (Wildman–Crippen MR) is 322 cm³/mol. The van der Waals surface area contributed by atoms with Crippen molar-refractivity contribution in [1.82, 2.24) is 33.7 Å². The summed E-state index contributed by atoms with van der Waals surface area (Å²) in [4.78, 5) is 20.5. The molecule has 1 aliphatic heterocycles. The molecule has 12 aromatic rings. The van der Waals surface area contributed by atoms with Crippen molar-refractivity contribution >= 4 is 50.6 Å². The topological polar surface area (TPSA) is 71.7 Å². The Balaban J connectivity index is 0.00000785. The molecule has 0 aliphatic carbocycles. The van der Waals surface area contributed by atoms with Gasteiger partial charge in [0.25, 0.3) is 11.4 Å². The minimum atomic E-state index is -0.590. The molecule has 8 nitrogen and oxygen atoms in total. The van der Waals surface area contributed by atoms with Crippen LogP contribution in [0.25, 0.3) is 84.0 Å². The van der Waals surface area contributed by atoms with Gasteiger partial charge in [0.1, 0.15) is 17.3 Å². The summed E-state index contributed by atoms with van der Waals surface area (Å²) in [7, 11) is 0. The summed E-state index contributed by atoms with van der Waals surface area (Å²) in [5.74, 6) is 2.39. The first kappa shape index (κ1) is 40.9. The van der Waals surface area contributed by atoms with E-state index < -0.39 is 60.4 Å². The Morgan fingerprint density at radius 3 is 1.65 bits per heavy atom. The molecule has 9 heteroatoms. The van der Waals surface area contributed by atoms with Gasteiger partial charge in [0.15, 0.2) is 11.6 Å². The van der Waals surface area contributed by atoms with Gasteiger partial charge in [-0.2, -0.15) is 6.07 Å². The second-order valence-corrected chi connectivity index (χ2v) is 21.2. The zero-order valence-electron chi connectivity index (χ0n) is 54.4. The average molecular weight is 1230 g/mol. The summed E-state index contributed by atoms with van der Waals surface area (Å²) >= 11 is 0. The number of para-hydroxylation sites is 4. The van der Waals surface area contributed by atoms with Crippen LogP contribution in [0.2, 0.25) is 0 Å². The van der Waals surface area contributed by atoms with Crippen LogP contribution in [0.3, 0.4) is 0 Å². The Kier molecular flexibility index (Phi) is 10.7. The first-order valence-corrected chi connectivity index (χ1v) is 25.9. The van der Waals surface area contributed by atoms with E-state index in [1.54, 1.807) is 57.8 Å². The van der Waals surface area contributed by atoms with E-state index in [1.165, 1.54) is 0 Å². The normalized spacial score (nSPS) is 14.0. The number of aromatic nitrogens is 5. The maximum absolute atomic E-state index is 9.16. The SMILES string of the molecule is [2H]c1c([2H])c([2H])c(-c2cccc(-c3c([2H])c([2H])c([2H])c([2H])c3[2H])c2[N+]2=C=[N+](c3[c-]c(Oc4[c-]c5c(cc4-c4nc(-c6ccc(C(C)(C)C)cc6)nc(-c6ccc(C(C)(C)C)cc6)n4)c4ccccc4n5-c4ccccn4)ccc3)c3ccccc32)c([2H])c1[2H].[Pt+2]. The molecule has 80 heavy (non-hydrogen) atoms. The first-order chi connectivity index (χ1) is 42.6. The van der Waals surface area contributed by atoms with Crippen LogP contribution in [0.15, 0.2) is 224 Å². The van der Waals surface area contributed by atoms with E-state index in [4.69, 9.17) is 38.4 Å². The van der Waals surface area contributed by atoms with Crippen molar-refractivity contribution in [3.8, 4) is 73.7 Å². The van der Waals surface area contributed by atoms with Crippen LogP contribution in [-0.4, -0.2) is 30.5 Å². The van der Waals surface area contributed by atoms with Gasteiger partial charge in [-0.25, -0.2) is 19.9 Å². The van der Waals surface area contributed by atoms with E-state index in [9.17, 15) is 0 Å². The molecule has 9 aromatic carbocycles. The number of fused-ring (bicyclic) bond motifs is 4. The van der Waals surface area contributed by atoms with Crippen molar-refractivity contribution in [2.75, 3.05) is 0 Å². The van der Waals surface area contributed by atoms with Gasteiger partial charge in [-0.05, 0) is 78.9 Å². The fourth-order valence-electron chi connectivity index (χ4n) is 9.98. The Morgan fingerprint density at radius 1 is 0.512 bits per heavy atom. The summed E-state index contributed by atoms with van der Waals surface area (Å²) in [5.41, 5.74) is 7.27. The van der Waals surface area contributed by atoms with E-state index in [2.05, 4.69) is 90.0 Å². The number of pyridine rings is 1. The smallest absolute Gasteiger partial charge is 0.508 e. The van der Waals surface area contributed by atoms with Gasteiger partial charge in [-0.15, -0.1) is 23.6 Å². The summed E-state index contributed by atoms with van der Waals surface area (Å²) in [5, 5.41) is 1.77. The largest absolute Gasteiger partial charge is 2.00 e. The molecule has 388 valence electrons. The predicted octanol–water partition coefficient (Wildman–Crippen LogP) is 17.5. The Hall–Kier alpha value is -9.19. The molecular formula is C71H55N7OPt+2. The average Bonchev–Trinajstić information content (AvgIpc) is 1.50. The van der Waals surface area contributed by atoms with E-state index in [-0.39, 0.29) is 71.3 Å².